The van der Waals surface area contributed by atoms with E-state index < -0.39 is 24.3 Å². The minimum absolute atomic E-state index is 0.0530. The molecule has 14 nitrogen and oxygen atoms in total. The predicted molar refractivity (Wildman–Crippen MR) is 239 cm³/mol. The van der Waals surface area contributed by atoms with Crippen molar-refractivity contribution < 1.29 is 28.7 Å². The van der Waals surface area contributed by atoms with Crippen molar-refractivity contribution in [1.82, 2.24) is 40.4 Å². The molecule has 2 aromatic heterocycles. The van der Waals surface area contributed by atoms with Gasteiger partial charge < -0.3 is 39.9 Å². The summed E-state index contributed by atoms with van der Waals surface area (Å²) in [5.41, 5.74) is 4.90. The molecular formula is C46H54Cl2N8O6. The van der Waals surface area contributed by atoms with Gasteiger partial charge in [-0.05, 0) is 85.4 Å². The lowest BCUT2D eigenvalue weighted by Gasteiger charge is -2.32. The van der Waals surface area contributed by atoms with Crippen LogP contribution in [-0.4, -0.2) is 92.1 Å². The lowest BCUT2D eigenvalue weighted by Crippen LogP contribution is -2.52. The number of ether oxygens (including phenoxy) is 2. The van der Waals surface area contributed by atoms with E-state index in [-0.39, 0.29) is 47.8 Å². The number of hydrogen-bond donors (Lipinski definition) is 4. The molecule has 4 heterocycles. The number of rotatable bonds is 11. The first-order valence-electron chi connectivity index (χ1n) is 21.1. The minimum atomic E-state index is -0.748. The second-order valence-electron chi connectivity index (χ2n) is 17.0. The van der Waals surface area contributed by atoms with Gasteiger partial charge in [0.2, 0.25) is 11.8 Å². The second-order valence-corrected chi connectivity index (χ2v) is 17.8. The van der Waals surface area contributed by atoms with Gasteiger partial charge in [0.25, 0.3) is 0 Å². The van der Waals surface area contributed by atoms with Crippen molar-refractivity contribution in [3.8, 4) is 33.6 Å². The minimum Gasteiger partial charge on any atom is -0.453 e. The number of hydrogen-bond acceptors (Lipinski definition) is 8. The molecule has 2 fully saturated rings. The summed E-state index contributed by atoms with van der Waals surface area (Å²) in [6.45, 7) is 11.6. The molecule has 7 rings (SSSR count). The van der Waals surface area contributed by atoms with Crippen LogP contribution in [0.25, 0.3) is 44.4 Å². The van der Waals surface area contributed by atoms with Gasteiger partial charge in [-0.25, -0.2) is 19.6 Å². The van der Waals surface area contributed by atoms with Crippen LogP contribution in [0.15, 0.2) is 60.7 Å². The summed E-state index contributed by atoms with van der Waals surface area (Å²) in [4.78, 5) is 71.8. The maximum absolute atomic E-state index is 13.9. The Bertz CT molecular complexity index is 2470. The average Bonchev–Trinajstić information content (AvgIpc) is 4.05. The lowest BCUT2D eigenvalue weighted by molar-refractivity contribution is -0.138. The van der Waals surface area contributed by atoms with Crippen LogP contribution in [-0.2, 0) is 19.1 Å². The van der Waals surface area contributed by atoms with Gasteiger partial charge in [0, 0.05) is 23.2 Å². The van der Waals surface area contributed by atoms with E-state index in [1.807, 2.05) is 77.9 Å². The number of amides is 4. The van der Waals surface area contributed by atoms with Crippen molar-refractivity contribution in [3.63, 3.8) is 0 Å². The van der Waals surface area contributed by atoms with Crippen LogP contribution in [0.1, 0.15) is 91.0 Å². The van der Waals surface area contributed by atoms with Crippen molar-refractivity contribution in [2.24, 2.45) is 11.8 Å². The standard InChI is InChI=1S/C46H54Cl2N8O6/c1-23(2)35(51-45(59)61-7)43(57)55-25(5)9-19-33(55)41-49-37(39(47)53-41)28-13-11-27(12-14-28)29-15-16-31-22-32(18-17-30(31)21-29)38-40(48)54-42(50-38)34-20-10-26(6)56(34)44(58)36(24(3)4)52-46(60)62-8/h11-18,21-26,33-36H,9-10,19-20H2,1-8H3,(H,49,53)(H,50,54)(H,51,59)(H,52,60)/t25-,26-,33-,34-,35?,36?/m0/s1. The third-order valence-electron chi connectivity index (χ3n) is 12.2. The predicted octanol–water partition coefficient (Wildman–Crippen LogP) is 9.46. The molecule has 3 aromatic carbocycles. The number of nitrogens with zero attached hydrogens (tertiary/aromatic N) is 4. The summed E-state index contributed by atoms with van der Waals surface area (Å²) in [7, 11) is 2.56. The molecular weight excluding hydrogens is 831 g/mol. The zero-order chi connectivity index (χ0) is 44.6. The summed E-state index contributed by atoms with van der Waals surface area (Å²) < 4.78 is 9.58. The number of carbonyl (C=O) groups is 4. The Morgan fingerprint density at radius 1 is 0.613 bits per heavy atom. The molecule has 2 aliphatic rings. The van der Waals surface area contributed by atoms with Gasteiger partial charge in [-0.2, -0.15) is 0 Å². The van der Waals surface area contributed by atoms with Crippen LogP contribution in [0.2, 0.25) is 10.3 Å². The summed E-state index contributed by atoms with van der Waals surface area (Å²) in [6.07, 6.45) is 1.68. The molecule has 2 saturated heterocycles. The molecule has 2 aliphatic heterocycles. The van der Waals surface area contributed by atoms with Gasteiger partial charge >= 0.3 is 12.2 Å². The molecule has 0 aliphatic carbocycles. The molecule has 328 valence electrons. The molecule has 6 atom stereocenters. The van der Waals surface area contributed by atoms with E-state index in [0.29, 0.717) is 46.2 Å². The zero-order valence-electron chi connectivity index (χ0n) is 36.2. The number of H-pyrrole nitrogens is 2. The van der Waals surface area contributed by atoms with E-state index in [4.69, 9.17) is 42.6 Å². The Labute approximate surface area is 371 Å². The highest BCUT2D eigenvalue weighted by Crippen LogP contribution is 2.41. The van der Waals surface area contributed by atoms with E-state index in [2.05, 4.69) is 44.9 Å². The van der Waals surface area contributed by atoms with Gasteiger partial charge in [-0.15, -0.1) is 0 Å². The van der Waals surface area contributed by atoms with Crippen LogP contribution in [0.3, 0.4) is 0 Å². The van der Waals surface area contributed by atoms with E-state index in [1.54, 1.807) is 9.80 Å². The quantitative estimate of drug-likeness (QED) is 0.101. The number of aromatic amines is 2. The SMILES string of the molecule is COC(=O)NC(C(=O)N1[C@@H](C)CC[C@H]1c1nc(-c2ccc(-c3ccc4cc(-c5nc([C@@H]6CC[C@H](C)N6C(=O)C(NC(=O)OC)C(C)C)[nH]c5Cl)ccc4c3)cc2)c(Cl)[nH]1)C(C)C. The lowest BCUT2D eigenvalue weighted by atomic mass is 9.98. The van der Waals surface area contributed by atoms with Crippen LogP contribution < -0.4 is 10.6 Å². The number of nitrogens with one attached hydrogen (secondary N) is 4. The van der Waals surface area contributed by atoms with E-state index >= 15 is 0 Å². The smallest absolute Gasteiger partial charge is 0.407 e. The van der Waals surface area contributed by atoms with Crippen molar-refractivity contribution in [2.45, 2.75) is 103 Å². The molecule has 16 heteroatoms. The number of benzene rings is 3. The van der Waals surface area contributed by atoms with Crippen LogP contribution in [0.5, 0.6) is 0 Å². The van der Waals surface area contributed by atoms with Crippen LogP contribution in [0.4, 0.5) is 9.59 Å². The molecule has 0 saturated carbocycles. The first-order chi connectivity index (χ1) is 29.6. The highest BCUT2D eigenvalue weighted by molar-refractivity contribution is 6.32. The third kappa shape index (κ3) is 8.85. The van der Waals surface area contributed by atoms with Crippen molar-refractivity contribution in [1.29, 1.82) is 0 Å². The number of aromatic nitrogens is 4. The summed E-state index contributed by atoms with van der Waals surface area (Å²) in [5, 5.41) is 8.22. The second kappa shape index (κ2) is 18.4. The first-order valence-corrected chi connectivity index (χ1v) is 21.8. The third-order valence-corrected chi connectivity index (χ3v) is 12.8. The molecule has 62 heavy (non-hydrogen) atoms. The number of imidazole rings is 2. The van der Waals surface area contributed by atoms with E-state index in [0.717, 1.165) is 45.9 Å². The van der Waals surface area contributed by atoms with Gasteiger partial charge in [-0.3, -0.25) is 9.59 Å². The fraction of sp³-hybridized carbons (Fsp3) is 0.435. The topological polar surface area (TPSA) is 175 Å². The molecule has 5 aromatic rings. The normalized spacial score (nSPS) is 19.9. The molecule has 0 bridgehead atoms. The van der Waals surface area contributed by atoms with E-state index in [1.165, 1.54) is 14.2 Å². The number of halogens is 2. The Morgan fingerprint density at radius 2 is 1.00 bits per heavy atom. The fourth-order valence-corrected chi connectivity index (χ4v) is 9.29. The number of carbonyl (C=O) groups excluding carboxylic acids is 4. The van der Waals surface area contributed by atoms with E-state index in [9.17, 15) is 19.2 Å². The van der Waals surface area contributed by atoms with Crippen molar-refractivity contribution in [2.75, 3.05) is 14.2 Å². The molecule has 0 radical (unpaired) electrons. The summed E-state index contributed by atoms with van der Waals surface area (Å²) in [5.74, 6) is 0.525. The maximum atomic E-state index is 13.9. The summed E-state index contributed by atoms with van der Waals surface area (Å²) in [6, 6.07) is 18.1. The Kier molecular flexibility index (Phi) is 13.2. The monoisotopic (exact) mass is 884 g/mol. The largest absolute Gasteiger partial charge is 0.453 e. The van der Waals surface area contributed by atoms with Gasteiger partial charge in [-0.1, -0.05) is 99.4 Å². The highest BCUT2D eigenvalue weighted by atomic mass is 35.5. The van der Waals surface area contributed by atoms with Crippen LogP contribution in [0, 0.1) is 11.8 Å². The molecule has 4 amide bonds. The number of methoxy groups -OCH3 is 2. The molecule has 2 unspecified atom stereocenters. The summed E-state index contributed by atoms with van der Waals surface area (Å²) >= 11 is 13.6. The average molecular weight is 886 g/mol. The highest BCUT2D eigenvalue weighted by Gasteiger charge is 2.43. The molecule has 0 spiro atoms. The maximum Gasteiger partial charge on any atom is 0.407 e. The number of fused-ring (bicyclic) bond motifs is 1. The number of alkyl carbamates (subject to hydrolysis) is 2. The molecule has 4 N–H and O–H groups in total. The van der Waals surface area contributed by atoms with Gasteiger partial charge in [0.1, 0.15) is 45.4 Å². The van der Waals surface area contributed by atoms with Crippen molar-refractivity contribution in [3.05, 3.63) is 82.6 Å². The zero-order valence-corrected chi connectivity index (χ0v) is 37.7. The van der Waals surface area contributed by atoms with Gasteiger partial charge in [0.15, 0.2) is 0 Å². The first kappa shape index (κ1) is 44.5. The van der Waals surface area contributed by atoms with Crippen LogP contribution >= 0.6 is 23.2 Å². The Morgan fingerprint density at radius 3 is 1.44 bits per heavy atom. The Balaban J connectivity index is 1.07. The number of likely N-dealkylation sites (tertiary alicyclic amines) is 2. The van der Waals surface area contributed by atoms with Crippen molar-refractivity contribution >= 4 is 58.0 Å². The fourth-order valence-electron chi connectivity index (χ4n) is 8.80. The van der Waals surface area contributed by atoms with Gasteiger partial charge in [0.05, 0.1) is 26.3 Å². The Hall–Kier alpha value is -5.60.